The Kier molecular flexibility index (Phi) is 14.9. The van der Waals surface area contributed by atoms with Crippen molar-refractivity contribution in [1.82, 2.24) is 0 Å². The fourth-order valence-corrected chi connectivity index (χ4v) is 6.77. The molecule has 3 heterocycles. The summed E-state index contributed by atoms with van der Waals surface area (Å²) in [7, 11) is 0. The fraction of sp³-hybridized carbons (Fsp3) is 0.667. The second kappa shape index (κ2) is 18.4. The van der Waals surface area contributed by atoms with E-state index in [0.717, 1.165) is 12.1 Å². The predicted octanol–water partition coefficient (Wildman–Crippen LogP) is 3.84. The summed E-state index contributed by atoms with van der Waals surface area (Å²) in [5.74, 6) is -38.6. The van der Waals surface area contributed by atoms with Crippen molar-refractivity contribution in [3.05, 3.63) is 58.7 Å². The van der Waals surface area contributed by atoms with Crippen LogP contribution in [0.4, 0.5) is 70.2 Å². The van der Waals surface area contributed by atoms with Crippen LogP contribution in [0.25, 0.3) is 11.1 Å². The maximum Gasteiger partial charge on any atom is 0.460 e. The number of aliphatic hydroxyl groups is 8. The number of hydrogen-bond acceptors (Lipinski definition) is 14. The second-order valence-electron chi connectivity index (χ2n) is 15.3. The molecule has 0 spiro atoms. The molecule has 30 heteroatoms. The Balaban J connectivity index is 1.55. The van der Waals surface area contributed by atoms with E-state index in [1.165, 1.54) is 6.07 Å². The van der Waals surface area contributed by atoms with Gasteiger partial charge in [-0.05, 0) is 52.4 Å². The lowest BCUT2D eigenvalue weighted by Crippen LogP contribution is -2.70. The SMILES string of the molecule is OC[C@H]1O[C@H](OCc2cc(CO[C@H]3O[C@H](CO)[C@@H](O)[C@H](O)[C@@H]3O)cc(-c3cc(CCC(F)(F)C(F)(F)C(F)(F)C(F)(F)C(F)(F)C(F)(F)F)cc(C4(C(F)(F)F)N=N4)c3)c2)[C@@H](O)[C@@H](O)[C@@H]1O. The van der Waals surface area contributed by atoms with E-state index in [-0.39, 0.29) is 16.7 Å². The van der Waals surface area contributed by atoms with Gasteiger partial charge in [0.1, 0.15) is 48.8 Å². The molecule has 3 aliphatic rings. The summed E-state index contributed by atoms with van der Waals surface area (Å²) in [5.41, 5.74) is -6.69. The van der Waals surface area contributed by atoms with E-state index in [9.17, 15) is 111 Å². The molecule has 2 aromatic carbocycles. The third kappa shape index (κ3) is 9.56. The van der Waals surface area contributed by atoms with E-state index in [1.54, 1.807) is 0 Å². The molecule has 3 aliphatic heterocycles. The maximum absolute atomic E-state index is 14.9. The van der Waals surface area contributed by atoms with Crippen molar-refractivity contribution in [1.29, 1.82) is 0 Å². The molecule has 0 aromatic heterocycles. The number of halogens is 16. The van der Waals surface area contributed by atoms with Gasteiger partial charge in [0.15, 0.2) is 12.6 Å². The fourth-order valence-electron chi connectivity index (χ4n) is 6.77. The molecule has 66 heavy (non-hydrogen) atoms. The number of hydrogen-bond donors (Lipinski definition) is 8. The molecule has 0 unspecified atom stereocenters. The van der Waals surface area contributed by atoms with E-state index >= 15 is 0 Å². The lowest BCUT2D eigenvalue weighted by molar-refractivity contribution is -0.440. The molecule has 10 atom stereocenters. The molecule has 14 nitrogen and oxygen atoms in total. The van der Waals surface area contributed by atoms with Crippen LogP contribution in [0.5, 0.6) is 0 Å². The van der Waals surface area contributed by atoms with Crippen molar-refractivity contribution in [2.45, 2.75) is 135 Å². The second-order valence-corrected chi connectivity index (χ2v) is 15.3. The van der Waals surface area contributed by atoms with Crippen LogP contribution in [0, 0.1) is 0 Å². The highest BCUT2D eigenvalue weighted by atomic mass is 19.4. The Bertz CT molecular complexity index is 1990. The zero-order valence-electron chi connectivity index (χ0n) is 32.6. The van der Waals surface area contributed by atoms with Gasteiger partial charge in [-0.1, -0.05) is 18.2 Å². The van der Waals surface area contributed by atoms with Crippen LogP contribution >= 0.6 is 0 Å². The smallest absolute Gasteiger partial charge is 0.394 e. The summed E-state index contributed by atoms with van der Waals surface area (Å²) < 4.78 is 244. The zero-order chi connectivity index (χ0) is 50.0. The first kappa shape index (κ1) is 53.4. The predicted molar refractivity (Wildman–Crippen MR) is 181 cm³/mol. The Labute approximate surface area is 358 Å². The van der Waals surface area contributed by atoms with E-state index in [0.29, 0.717) is 18.2 Å². The molecule has 0 aliphatic carbocycles. The number of alkyl halides is 16. The molecule has 2 aromatic rings. The lowest BCUT2D eigenvalue weighted by atomic mass is 9.89. The minimum absolute atomic E-state index is 0.125. The van der Waals surface area contributed by atoms with Crippen LogP contribution in [0.2, 0.25) is 0 Å². The van der Waals surface area contributed by atoms with E-state index in [2.05, 4.69) is 10.2 Å². The third-order valence-electron chi connectivity index (χ3n) is 10.7. The van der Waals surface area contributed by atoms with Gasteiger partial charge in [-0.2, -0.15) is 70.2 Å². The van der Waals surface area contributed by atoms with Crippen molar-refractivity contribution < 1.29 is 130 Å². The van der Waals surface area contributed by atoms with Gasteiger partial charge in [-0.3, -0.25) is 0 Å². The molecule has 2 saturated heterocycles. The number of benzene rings is 2. The standard InChI is InChI=1S/C36H36F16N2O12/c37-29(38,31(39,40)32(41,42)33(43,44)34(45,46)36(50,51)52)2-1-13-4-17(8-18(7-13)30(53-54-30)35(47,48)49)16-5-14(11-63-27-25(61)23(59)21(57)19(9-55)65-27)3-15(6-16)12-64-28-26(62)24(60)22(58)20(10-56)66-28/h3-8,19-28,55-62H,1-2,9-12H2/t19-,20-,21-,22-,23+,24+,25+,26+,27+,28+/m1/s1. The first-order chi connectivity index (χ1) is 30.1. The highest BCUT2D eigenvalue weighted by Crippen LogP contribution is 2.61. The third-order valence-corrected chi connectivity index (χ3v) is 10.7. The van der Waals surface area contributed by atoms with Gasteiger partial charge in [0, 0.05) is 12.0 Å². The van der Waals surface area contributed by atoms with Gasteiger partial charge in [-0.25, -0.2) is 0 Å². The molecule has 0 saturated carbocycles. The number of rotatable bonds is 17. The lowest BCUT2D eigenvalue weighted by Gasteiger charge is -2.39. The topological polar surface area (TPSA) is 223 Å². The quantitative estimate of drug-likeness (QED) is 0.106. The summed E-state index contributed by atoms with van der Waals surface area (Å²) in [4.78, 5) is 0. The Morgan fingerprint density at radius 3 is 1.30 bits per heavy atom. The summed E-state index contributed by atoms with van der Waals surface area (Å²) in [5, 5.41) is 86.2. The Morgan fingerprint density at radius 1 is 0.500 bits per heavy atom. The van der Waals surface area contributed by atoms with Crippen LogP contribution in [-0.4, -0.2) is 157 Å². The van der Waals surface area contributed by atoms with Crippen molar-refractivity contribution in [2.24, 2.45) is 10.2 Å². The summed E-state index contributed by atoms with van der Waals surface area (Å²) >= 11 is 0. The van der Waals surface area contributed by atoms with Crippen molar-refractivity contribution in [2.75, 3.05) is 13.2 Å². The maximum atomic E-state index is 14.9. The number of nitrogens with zero attached hydrogens (tertiary/aromatic N) is 2. The number of aryl methyl sites for hydroxylation is 1. The molecular formula is C36H36F16N2O12. The molecule has 0 amide bonds. The average molecular weight is 993 g/mol. The highest BCUT2D eigenvalue weighted by molar-refractivity contribution is 5.68. The summed E-state index contributed by atoms with van der Waals surface area (Å²) in [6.45, 7) is -3.33. The van der Waals surface area contributed by atoms with Crippen LogP contribution in [0.3, 0.4) is 0 Å². The molecule has 5 rings (SSSR count). The summed E-state index contributed by atoms with van der Waals surface area (Å²) in [6, 6.07) is 4.85. The number of ether oxygens (including phenoxy) is 4. The Morgan fingerprint density at radius 2 is 0.909 bits per heavy atom. The van der Waals surface area contributed by atoms with E-state index in [4.69, 9.17) is 18.9 Å². The van der Waals surface area contributed by atoms with Crippen LogP contribution < -0.4 is 0 Å². The van der Waals surface area contributed by atoms with E-state index < -0.39 is 165 Å². The minimum Gasteiger partial charge on any atom is -0.394 e. The van der Waals surface area contributed by atoms with E-state index in [1.807, 2.05) is 0 Å². The van der Waals surface area contributed by atoms with Gasteiger partial charge in [0.25, 0.3) is 0 Å². The van der Waals surface area contributed by atoms with Crippen molar-refractivity contribution >= 4 is 0 Å². The van der Waals surface area contributed by atoms with Crippen molar-refractivity contribution in [3.63, 3.8) is 0 Å². The minimum atomic E-state index is -8.20. The van der Waals surface area contributed by atoms with Gasteiger partial charge < -0.3 is 59.8 Å². The van der Waals surface area contributed by atoms with Crippen LogP contribution in [-0.2, 0) is 44.2 Å². The molecule has 8 N–H and O–H groups in total. The van der Waals surface area contributed by atoms with Gasteiger partial charge in [0.05, 0.1) is 26.4 Å². The van der Waals surface area contributed by atoms with Crippen LogP contribution in [0.1, 0.15) is 28.7 Å². The first-order valence-electron chi connectivity index (χ1n) is 18.7. The normalized spacial score (nSPS) is 29.0. The van der Waals surface area contributed by atoms with Crippen LogP contribution in [0.15, 0.2) is 46.6 Å². The zero-order valence-corrected chi connectivity index (χ0v) is 32.6. The highest BCUT2D eigenvalue weighted by Gasteiger charge is 2.90. The molecule has 0 radical (unpaired) electrons. The van der Waals surface area contributed by atoms with Gasteiger partial charge in [0.2, 0.25) is 0 Å². The average Bonchev–Trinajstić information content (AvgIpc) is 4.06. The molecule has 374 valence electrons. The van der Waals surface area contributed by atoms with Gasteiger partial charge >= 0.3 is 47.6 Å². The molecule has 2 fully saturated rings. The number of aliphatic hydroxyl groups excluding tert-OH is 8. The van der Waals surface area contributed by atoms with Gasteiger partial charge in [-0.15, -0.1) is 10.2 Å². The largest absolute Gasteiger partial charge is 0.460 e. The first-order valence-corrected chi connectivity index (χ1v) is 18.7. The molecule has 0 bridgehead atoms. The molecular weight excluding hydrogens is 956 g/mol. The Hall–Kier alpha value is -3.56. The van der Waals surface area contributed by atoms with Crippen molar-refractivity contribution in [3.8, 4) is 11.1 Å². The monoisotopic (exact) mass is 992 g/mol. The summed E-state index contributed by atoms with van der Waals surface area (Å²) in [6.07, 6.45) is -36.0.